The molecule has 0 bridgehead atoms. The van der Waals surface area contributed by atoms with Crippen LogP contribution in [0.1, 0.15) is 18.1 Å². The number of halogens is 3. The fourth-order valence-corrected chi connectivity index (χ4v) is 1.12. The lowest BCUT2D eigenvalue weighted by Crippen LogP contribution is -2.38. The SMILES string of the molecule is CN=C(NCCC(F)(F)F)NCc1noc(C)n1. The summed E-state index contributed by atoms with van der Waals surface area (Å²) in [7, 11) is 1.46. The van der Waals surface area contributed by atoms with Crippen LogP contribution < -0.4 is 10.6 Å². The predicted octanol–water partition coefficient (Wildman–Crippen LogP) is 0.995. The Bertz CT molecular complexity index is 401. The van der Waals surface area contributed by atoms with Gasteiger partial charge in [0.2, 0.25) is 5.89 Å². The first-order valence-corrected chi connectivity index (χ1v) is 5.21. The molecule has 0 amide bonds. The smallest absolute Gasteiger partial charge is 0.356 e. The average molecular weight is 265 g/mol. The number of hydrogen-bond donors (Lipinski definition) is 2. The Morgan fingerprint density at radius 2 is 2.11 bits per heavy atom. The Kier molecular flexibility index (Phi) is 4.93. The van der Waals surface area contributed by atoms with Gasteiger partial charge in [-0.15, -0.1) is 0 Å². The molecule has 0 aromatic carbocycles. The summed E-state index contributed by atoms with van der Waals surface area (Å²) in [5.74, 6) is 1.08. The molecule has 0 unspecified atom stereocenters. The van der Waals surface area contributed by atoms with Gasteiger partial charge in [-0.1, -0.05) is 5.16 Å². The van der Waals surface area contributed by atoms with E-state index >= 15 is 0 Å². The maximum absolute atomic E-state index is 11.9. The fraction of sp³-hybridized carbons (Fsp3) is 0.667. The van der Waals surface area contributed by atoms with E-state index in [4.69, 9.17) is 4.52 Å². The molecule has 102 valence electrons. The van der Waals surface area contributed by atoms with Gasteiger partial charge >= 0.3 is 6.18 Å². The van der Waals surface area contributed by atoms with E-state index in [2.05, 4.69) is 25.8 Å². The highest BCUT2D eigenvalue weighted by Gasteiger charge is 2.26. The van der Waals surface area contributed by atoms with Crippen LogP contribution in [0.5, 0.6) is 0 Å². The van der Waals surface area contributed by atoms with Gasteiger partial charge in [-0.3, -0.25) is 4.99 Å². The molecule has 0 aliphatic carbocycles. The van der Waals surface area contributed by atoms with Crippen molar-refractivity contribution >= 4 is 5.96 Å². The Balaban J connectivity index is 2.30. The van der Waals surface area contributed by atoms with Gasteiger partial charge in [0.1, 0.15) is 0 Å². The van der Waals surface area contributed by atoms with E-state index in [1.54, 1.807) is 6.92 Å². The molecule has 2 N–H and O–H groups in total. The summed E-state index contributed by atoms with van der Waals surface area (Å²) in [6.07, 6.45) is -5.11. The second kappa shape index (κ2) is 6.22. The summed E-state index contributed by atoms with van der Waals surface area (Å²) in [5.41, 5.74) is 0. The molecule has 0 fully saturated rings. The first kappa shape index (κ1) is 14.3. The Morgan fingerprint density at radius 3 is 2.61 bits per heavy atom. The van der Waals surface area contributed by atoms with Crippen molar-refractivity contribution in [3.05, 3.63) is 11.7 Å². The van der Waals surface area contributed by atoms with E-state index in [0.717, 1.165) is 0 Å². The van der Waals surface area contributed by atoms with Crippen molar-refractivity contribution in [2.24, 2.45) is 4.99 Å². The summed E-state index contributed by atoms with van der Waals surface area (Å²) in [4.78, 5) is 7.70. The van der Waals surface area contributed by atoms with Crippen LogP contribution in [0.15, 0.2) is 9.52 Å². The van der Waals surface area contributed by atoms with Gasteiger partial charge in [-0.05, 0) is 0 Å². The average Bonchev–Trinajstić information content (AvgIpc) is 2.67. The molecule has 0 atom stereocenters. The Morgan fingerprint density at radius 1 is 1.39 bits per heavy atom. The van der Waals surface area contributed by atoms with Crippen molar-refractivity contribution in [3.63, 3.8) is 0 Å². The van der Waals surface area contributed by atoms with Crippen molar-refractivity contribution in [1.29, 1.82) is 0 Å². The van der Waals surface area contributed by atoms with Crippen LogP contribution in [0.2, 0.25) is 0 Å². The van der Waals surface area contributed by atoms with E-state index in [-0.39, 0.29) is 19.0 Å². The zero-order chi connectivity index (χ0) is 13.6. The fourth-order valence-electron chi connectivity index (χ4n) is 1.12. The number of nitrogens with one attached hydrogen (secondary N) is 2. The van der Waals surface area contributed by atoms with E-state index < -0.39 is 12.6 Å². The van der Waals surface area contributed by atoms with Gasteiger partial charge < -0.3 is 15.2 Å². The Hall–Kier alpha value is -1.80. The van der Waals surface area contributed by atoms with Crippen LogP contribution in [0, 0.1) is 6.92 Å². The zero-order valence-corrected chi connectivity index (χ0v) is 10.0. The molecule has 6 nitrogen and oxygen atoms in total. The topological polar surface area (TPSA) is 75.3 Å². The lowest BCUT2D eigenvalue weighted by atomic mass is 10.4. The molecule has 0 spiro atoms. The molecular formula is C9H14F3N5O. The number of hydrogen-bond acceptors (Lipinski definition) is 4. The first-order valence-electron chi connectivity index (χ1n) is 5.21. The van der Waals surface area contributed by atoms with Crippen LogP contribution in [0.25, 0.3) is 0 Å². The van der Waals surface area contributed by atoms with E-state index in [1.165, 1.54) is 7.05 Å². The maximum atomic E-state index is 11.9. The van der Waals surface area contributed by atoms with E-state index in [9.17, 15) is 13.2 Å². The van der Waals surface area contributed by atoms with Gasteiger partial charge in [0.25, 0.3) is 0 Å². The van der Waals surface area contributed by atoms with Crippen LogP contribution >= 0.6 is 0 Å². The molecule has 1 rings (SSSR count). The lowest BCUT2D eigenvalue weighted by Gasteiger charge is -2.11. The minimum absolute atomic E-state index is 0.225. The second-order valence-corrected chi connectivity index (χ2v) is 3.45. The number of nitrogens with zero attached hydrogens (tertiary/aromatic N) is 3. The zero-order valence-electron chi connectivity index (χ0n) is 10.0. The first-order chi connectivity index (χ1) is 8.40. The highest BCUT2D eigenvalue weighted by molar-refractivity contribution is 5.79. The third kappa shape index (κ3) is 5.51. The summed E-state index contributed by atoms with van der Waals surface area (Å²) in [6, 6.07) is 0. The quantitative estimate of drug-likeness (QED) is 0.627. The standard InChI is InChI=1S/C9H14F3N5O/c1-6-16-7(17-18-6)5-15-8(13-2)14-4-3-9(10,11)12/h3-5H2,1-2H3,(H2,13,14,15). The van der Waals surface area contributed by atoms with Crippen molar-refractivity contribution in [3.8, 4) is 0 Å². The van der Waals surface area contributed by atoms with Crippen molar-refractivity contribution in [2.75, 3.05) is 13.6 Å². The number of guanidine groups is 1. The molecule has 0 aliphatic heterocycles. The monoisotopic (exact) mass is 265 g/mol. The Labute approximate surface area is 102 Å². The number of aryl methyl sites for hydroxylation is 1. The summed E-state index contributed by atoms with van der Waals surface area (Å²) < 4.78 is 40.5. The third-order valence-electron chi connectivity index (χ3n) is 1.91. The van der Waals surface area contributed by atoms with Crippen LogP contribution in [0.3, 0.4) is 0 Å². The van der Waals surface area contributed by atoms with Gasteiger partial charge in [-0.25, -0.2) is 0 Å². The molecule has 1 heterocycles. The van der Waals surface area contributed by atoms with Gasteiger partial charge in [-0.2, -0.15) is 18.2 Å². The number of aliphatic imine (C=N–C) groups is 1. The molecular weight excluding hydrogens is 251 g/mol. The van der Waals surface area contributed by atoms with Crippen molar-refractivity contribution in [2.45, 2.75) is 26.1 Å². The molecule has 18 heavy (non-hydrogen) atoms. The lowest BCUT2D eigenvalue weighted by molar-refractivity contribution is -0.132. The van der Waals surface area contributed by atoms with Gasteiger partial charge in [0, 0.05) is 20.5 Å². The normalized spacial score (nSPS) is 12.6. The number of aromatic nitrogens is 2. The molecule has 0 saturated carbocycles. The maximum Gasteiger partial charge on any atom is 0.390 e. The molecule has 0 radical (unpaired) electrons. The largest absolute Gasteiger partial charge is 0.390 e. The highest BCUT2D eigenvalue weighted by atomic mass is 19.4. The van der Waals surface area contributed by atoms with Crippen molar-refractivity contribution in [1.82, 2.24) is 20.8 Å². The highest BCUT2D eigenvalue weighted by Crippen LogP contribution is 2.17. The van der Waals surface area contributed by atoms with E-state index in [0.29, 0.717) is 11.7 Å². The number of alkyl halides is 3. The third-order valence-corrected chi connectivity index (χ3v) is 1.91. The summed E-state index contributed by atoms with van der Waals surface area (Å²) in [5, 5.41) is 8.94. The minimum Gasteiger partial charge on any atom is -0.356 e. The minimum atomic E-state index is -4.18. The molecule has 9 heteroatoms. The van der Waals surface area contributed by atoms with Crippen LogP contribution in [-0.4, -0.2) is 35.9 Å². The molecule has 0 aliphatic rings. The van der Waals surface area contributed by atoms with Gasteiger partial charge in [0.05, 0.1) is 13.0 Å². The molecule has 1 aromatic heterocycles. The molecule has 1 aromatic rings. The van der Waals surface area contributed by atoms with Gasteiger partial charge in [0.15, 0.2) is 11.8 Å². The van der Waals surface area contributed by atoms with Crippen molar-refractivity contribution < 1.29 is 17.7 Å². The predicted molar refractivity (Wildman–Crippen MR) is 57.9 cm³/mol. The van der Waals surface area contributed by atoms with Crippen LogP contribution in [0.4, 0.5) is 13.2 Å². The summed E-state index contributed by atoms with van der Waals surface area (Å²) in [6.45, 7) is 1.63. The number of rotatable bonds is 4. The van der Waals surface area contributed by atoms with E-state index in [1.807, 2.05) is 0 Å². The molecule has 0 saturated heterocycles. The van der Waals surface area contributed by atoms with Crippen LogP contribution in [-0.2, 0) is 6.54 Å². The second-order valence-electron chi connectivity index (χ2n) is 3.45. The summed E-state index contributed by atoms with van der Waals surface area (Å²) >= 11 is 0.